The molecule has 0 saturated heterocycles. The minimum Gasteiger partial charge on any atom is -0.487 e. The van der Waals surface area contributed by atoms with Crippen molar-refractivity contribution in [3.63, 3.8) is 0 Å². The first-order chi connectivity index (χ1) is 15.0. The molecule has 2 aromatic heterocycles. The third-order valence-electron chi connectivity index (χ3n) is 4.55. The number of nitrogens with zero attached hydrogens (tertiary/aromatic N) is 3. The molecule has 0 saturated carbocycles. The maximum absolute atomic E-state index is 12.8. The Morgan fingerprint density at radius 3 is 2.74 bits per heavy atom. The quantitative estimate of drug-likeness (QED) is 0.363. The van der Waals surface area contributed by atoms with Gasteiger partial charge in [0.15, 0.2) is 11.5 Å². The molecule has 4 aromatic rings. The summed E-state index contributed by atoms with van der Waals surface area (Å²) in [4.78, 5) is 12.8. The summed E-state index contributed by atoms with van der Waals surface area (Å²) in [5.74, 6) is 1.00. The summed E-state index contributed by atoms with van der Waals surface area (Å²) < 4.78 is 13.7. The van der Waals surface area contributed by atoms with Gasteiger partial charge in [-0.25, -0.2) is 0 Å². The van der Waals surface area contributed by atoms with E-state index in [9.17, 15) is 4.79 Å². The summed E-state index contributed by atoms with van der Waals surface area (Å²) in [5, 5.41) is 11.5. The van der Waals surface area contributed by atoms with E-state index in [1.807, 2.05) is 36.4 Å². The minimum atomic E-state index is -0.427. The zero-order valence-corrected chi connectivity index (χ0v) is 18.9. The average Bonchev–Trinajstić information content (AvgIpc) is 3.35. The molecule has 0 spiro atoms. The SMILES string of the molecule is Cc1onc(C(=O)Nc2ccn(Cc3ccc(Br)cc3)n2)c1COc1ccccc1Cl. The zero-order chi connectivity index (χ0) is 21.8. The van der Waals surface area contributed by atoms with E-state index in [1.165, 1.54) is 0 Å². The van der Waals surface area contributed by atoms with Crippen LogP contribution in [0.3, 0.4) is 0 Å². The number of para-hydroxylation sites is 1. The van der Waals surface area contributed by atoms with Gasteiger partial charge >= 0.3 is 0 Å². The van der Waals surface area contributed by atoms with E-state index >= 15 is 0 Å². The van der Waals surface area contributed by atoms with Gasteiger partial charge in [-0.15, -0.1) is 0 Å². The standard InChI is InChI=1S/C22H18BrClN4O3/c1-14-17(13-30-19-5-3-2-4-18(19)24)21(27-31-14)22(29)25-20-10-11-28(26-20)12-15-6-8-16(23)9-7-15/h2-11H,12-13H2,1H3,(H,25,26,29). The van der Waals surface area contributed by atoms with Crippen molar-refractivity contribution in [1.29, 1.82) is 0 Å². The number of amides is 1. The number of ether oxygens (including phenoxy) is 1. The van der Waals surface area contributed by atoms with Crippen LogP contribution >= 0.6 is 27.5 Å². The maximum Gasteiger partial charge on any atom is 0.279 e. The van der Waals surface area contributed by atoms with E-state index in [0.717, 1.165) is 10.0 Å². The summed E-state index contributed by atoms with van der Waals surface area (Å²) in [7, 11) is 0. The topological polar surface area (TPSA) is 82.2 Å². The van der Waals surface area contributed by atoms with Crippen molar-refractivity contribution < 1.29 is 14.1 Å². The van der Waals surface area contributed by atoms with Crippen LogP contribution < -0.4 is 10.1 Å². The maximum atomic E-state index is 12.8. The first-order valence-electron chi connectivity index (χ1n) is 9.41. The van der Waals surface area contributed by atoms with Crippen molar-refractivity contribution in [2.24, 2.45) is 0 Å². The lowest BCUT2D eigenvalue weighted by Crippen LogP contribution is -2.16. The molecule has 31 heavy (non-hydrogen) atoms. The second kappa shape index (κ2) is 9.36. The molecule has 0 aliphatic rings. The zero-order valence-electron chi connectivity index (χ0n) is 16.5. The van der Waals surface area contributed by atoms with Gasteiger partial charge in [0.25, 0.3) is 5.91 Å². The van der Waals surface area contributed by atoms with Crippen molar-refractivity contribution in [1.82, 2.24) is 14.9 Å². The van der Waals surface area contributed by atoms with Gasteiger partial charge in [0.2, 0.25) is 0 Å². The van der Waals surface area contributed by atoms with Gasteiger partial charge in [0, 0.05) is 16.7 Å². The van der Waals surface area contributed by atoms with E-state index < -0.39 is 5.91 Å². The van der Waals surface area contributed by atoms with Gasteiger partial charge in [0.1, 0.15) is 18.1 Å². The normalized spacial score (nSPS) is 10.8. The van der Waals surface area contributed by atoms with Crippen LogP contribution in [0.15, 0.2) is 69.8 Å². The molecule has 1 amide bonds. The number of carbonyl (C=O) groups excluding carboxylic acids is 1. The highest BCUT2D eigenvalue weighted by Crippen LogP contribution is 2.25. The van der Waals surface area contributed by atoms with E-state index in [4.69, 9.17) is 20.9 Å². The molecule has 9 heteroatoms. The minimum absolute atomic E-state index is 0.0971. The number of nitrogens with one attached hydrogen (secondary N) is 1. The second-order valence-corrected chi connectivity index (χ2v) is 8.09. The van der Waals surface area contributed by atoms with Gasteiger partial charge in [-0.2, -0.15) is 5.10 Å². The Labute approximate surface area is 192 Å². The molecule has 0 fully saturated rings. The van der Waals surface area contributed by atoms with E-state index in [0.29, 0.717) is 34.5 Å². The molecule has 0 aliphatic carbocycles. The van der Waals surface area contributed by atoms with Crippen molar-refractivity contribution in [2.45, 2.75) is 20.1 Å². The third kappa shape index (κ3) is 5.15. The molecule has 0 bridgehead atoms. The van der Waals surface area contributed by atoms with Crippen LogP contribution in [-0.4, -0.2) is 20.8 Å². The monoisotopic (exact) mass is 500 g/mol. The number of carbonyl (C=O) groups is 1. The van der Waals surface area contributed by atoms with Crippen LogP contribution in [0.2, 0.25) is 5.02 Å². The first-order valence-corrected chi connectivity index (χ1v) is 10.6. The van der Waals surface area contributed by atoms with E-state index in [1.54, 1.807) is 36.0 Å². The van der Waals surface area contributed by atoms with Crippen molar-refractivity contribution in [3.05, 3.63) is 92.9 Å². The number of hydrogen-bond donors (Lipinski definition) is 1. The predicted octanol–water partition coefficient (Wildman–Crippen LogP) is 5.48. The summed E-state index contributed by atoms with van der Waals surface area (Å²) in [6, 6.07) is 16.8. The van der Waals surface area contributed by atoms with Crippen LogP contribution in [0.25, 0.3) is 0 Å². The van der Waals surface area contributed by atoms with Gasteiger partial charge in [-0.05, 0) is 36.8 Å². The van der Waals surface area contributed by atoms with Gasteiger partial charge in [0.05, 0.1) is 17.1 Å². The second-order valence-electron chi connectivity index (χ2n) is 6.76. The summed E-state index contributed by atoms with van der Waals surface area (Å²) in [6.07, 6.45) is 1.80. The van der Waals surface area contributed by atoms with Crippen LogP contribution in [0.4, 0.5) is 5.82 Å². The van der Waals surface area contributed by atoms with E-state index in [2.05, 4.69) is 31.5 Å². The summed E-state index contributed by atoms with van der Waals surface area (Å²) in [5.41, 5.74) is 1.79. The van der Waals surface area contributed by atoms with Crippen LogP contribution in [0, 0.1) is 6.92 Å². The Morgan fingerprint density at radius 1 is 1.19 bits per heavy atom. The molecule has 1 N–H and O–H groups in total. The fourth-order valence-corrected chi connectivity index (χ4v) is 3.37. The lowest BCUT2D eigenvalue weighted by atomic mass is 10.2. The highest BCUT2D eigenvalue weighted by Gasteiger charge is 2.21. The summed E-state index contributed by atoms with van der Waals surface area (Å²) >= 11 is 9.55. The number of aromatic nitrogens is 3. The largest absolute Gasteiger partial charge is 0.487 e. The molecule has 158 valence electrons. The van der Waals surface area contributed by atoms with Crippen molar-refractivity contribution in [2.75, 3.05) is 5.32 Å². The third-order valence-corrected chi connectivity index (χ3v) is 5.39. The van der Waals surface area contributed by atoms with Crippen molar-refractivity contribution >= 4 is 39.3 Å². The number of hydrogen-bond acceptors (Lipinski definition) is 5. The molecule has 7 nitrogen and oxygen atoms in total. The number of aryl methyl sites for hydroxylation is 1. The number of halogens is 2. The smallest absolute Gasteiger partial charge is 0.279 e. The van der Waals surface area contributed by atoms with Gasteiger partial charge in [-0.3, -0.25) is 9.48 Å². The molecule has 0 unspecified atom stereocenters. The first kappa shape index (κ1) is 21.1. The number of rotatable bonds is 7. The number of benzene rings is 2. The van der Waals surface area contributed by atoms with Gasteiger partial charge < -0.3 is 14.6 Å². The predicted molar refractivity (Wildman–Crippen MR) is 120 cm³/mol. The van der Waals surface area contributed by atoms with Crippen LogP contribution in [0.5, 0.6) is 5.75 Å². The molecular formula is C22H18BrClN4O3. The molecule has 0 radical (unpaired) electrons. The molecule has 0 aliphatic heterocycles. The Hall–Kier alpha value is -3.10. The van der Waals surface area contributed by atoms with Crippen molar-refractivity contribution in [3.8, 4) is 5.75 Å². The molecule has 2 aromatic carbocycles. The Bertz CT molecular complexity index is 1200. The fourth-order valence-electron chi connectivity index (χ4n) is 2.92. The molecule has 4 rings (SSSR count). The molecular weight excluding hydrogens is 484 g/mol. The fraction of sp³-hybridized carbons (Fsp3) is 0.136. The number of anilines is 1. The van der Waals surface area contributed by atoms with Crippen LogP contribution in [0.1, 0.15) is 27.4 Å². The van der Waals surface area contributed by atoms with E-state index in [-0.39, 0.29) is 12.3 Å². The van der Waals surface area contributed by atoms with Gasteiger partial charge in [-0.1, -0.05) is 57.0 Å². The Morgan fingerprint density at radius 2 is 1.97 bits per heavy atom. The lowest BCUT2D eigenvalue weighted by molar-refractivity contribution is 0.101. The lowest BCUT2D eigenvalue weighted by Gasteiger charge is -2.08. The average molecular weight is 502 g/mol. The molecule has 0 atom stereocenters. The highest BCUT2D eigenvalue weighted by molar-refractivity contribution is 9.10. The summed E-state index contributed by atoms with van der Waals surface area (Å²) in [6.45, 7) is 2.41. The Balaban J connectivity index is 1.43. The molecule has 2 heterocycles. The van der Waals surface area contributed by atoms with Crippen LogP contribution in [-0.2, 0) is 13.2 Å². The Kier molecular flexibility index (Phi) is 6.39. The highest BCUT2D eigenvalue weighted by atomic mass is 79.9.